The Hall–Kier alpha value is -0.0400. The Bertz CT molecular complexity index is 133. The molecule has 1 nitrogen and oxygen atoms in total. The molecular weight excluding hydrogens is 136 g/mol. The lowest BCUT2D eigenvalue weighted by Gasteiger charge is -2.17. The molecule has 0 bridgehead atoms. The maximum Gasteiger partial charge on any atom is 0.0705 e. The fourth-order valence-electron chi connectivity index (χ4n) is 1.99. The van der Waals surface area contributed by atoms with E-state index in [2.05, 4.69) is 20.8 Å². The highest BCUT2D eigenvalue weighted by Gasteiger charge is 2.54. The standard InChI is InChI=1S/C10H20O/c1-4-6-9-7-10(9,11)8(3)5-2/h8-9,11H,4-7H2,1-3H3. The van der Waals surface area contributed by atoms with E-state index in [4.69, 9.17) is 0 Å². The van der Waals surface area contributed by atoms with Gasteiger partial charge in [-0.3, -0.25) is 0 Å². The van der Waals surface area contributed by atoms with Gasteiger partial charge in [0.15, 0.2) is 0 Å². The van der Waals surface area contributed by atoms with E-state index in [1.54, 1.807) is 0 Å². The first-order valence-electron chi connectivity index (χ1n) is 4.87. The maximum absolute atomic E-state index is 9.99. The molecule has 3 atom stereocenters. The molecule has 1 saturated carbocycles. The molecule has 0 spiro atoms. The van der Waals surface area contributed by atoms with Gasteiger partial charge in [-0.15, -0.1) is 0 Å². The third-order valence-corrected chi connectivity index (χ3v) is 3.22. The van der Waals surface area contributed by atoms with Crippen molar-refractivity contribution in [1.29, 1.82) is 0 Å². The predicted molar refractivity (Wildman–Crippen MR) is 47.4 cm³/mol. The molecule has 0 aromatic heterocycles. The fraction of sp³-hybridized carbons (Fsp3) is 1.00. The highest BCUT2D eigenvalue weighted by molar-refractivity contribution is 5.05. The molecule has 0 radical (unpaired) electrons. The molecule has 1 aliphatic carbocycles. The average Bonchev–Trinajstić information content (AvgIpc) is 2.63. The monoisotopic (exact) mass is 156 g/mol. The molecular formula is C10H20O. The summed E-state index contributed by atoms with van der Waals surface area (Å²) in [6.45, 7) is 6.51. The Labute approximate surface area is 69.8 Å². The first-order valence-corrected chi connectivity index (χ1v) is 4.87. The van der Waals surface area contributed by atoms with Crippen LogP contribution in [0.5, 0.6) is 0 Å². The van der Waals surface area contributed by atoms with Gasteiger partial charge in [0, 0.05) is 0 Å². The predicted octanol–water partition coefficient (Wildman–Crippen LogP) is 2.58. The van der Waals surface area contributed by atoms with Crippen LogP contribution in [0.3, 0.4) is 0 Å². The average molecular weight is 156 g/mol. The van der Waals surface area contributed by atoms with Crippen LogP contribution in [0.1, 0.15) is 46.5 Å². The van der Waals surface area contributed by atoms with Crippen LogP contribution in [0.2, 0.25) is 0 Å². The smallest absolute Gasteiger partial charge is 0.0705 e. The van der Waals surface area contributed by atoms with Crippen LogP contribution in [0.25, 0.3) is 0 Å². The zero-order valence-electron chi connectivity index (χ0n) is 7.93. The zero-order chi connectivity index (χ0) is 8.48. The van der Waals surface area contributed by atoms with Crippen LogP contribution < -0.4 is 0 Å². The van der Waals surface area contributed by atoms with Crippen LogP contribution in [0.15, 0.2) is 0 Å². The van der Waals surface area contributed by atoms with Crippen LogP contribution in [-0.2, 0) is 0 Å². The lowest BCUT2D eigenvalue weighted by Crippen LogP contribution is -2.21. The van der Waals surface area contributed by atoms with Crippen molar-refractivity contribution in [3.8, 4) is 0 Å². The summed E-state index contributed by atoms with van der Waals surface area (Å²) in [5, 5.41) is 9.99. The van der Waals surface area contributed by atoms with E-state index in [1.165, 1.54) is 12.8 Å². The van der Waals surface area contributed by atoms with Crippen molar-refractivity contribution in [2.45, 2.75) is 52.1 Å². The van der Waals surface area contributed by atoms with Crippen molar-refractivity contribution in [3.05, 3.63) is 0 Å². The molecule has 1 N–H and O–H groups in total. The second-order valence-corrected chi connectivity index (χ2v) is 3.99. The first-order chi connectivity index (χ1) is 5.15. The largest absolute Gasteiger partial charge is 0.389 e. The third-order valence-electron chi connectivity index (χ3n) is 3.22. The molecule has 0 aromatic carbocycles. The normalized spacial score (nSPS) is 38.7. The summed E-state index contributed by atoms with van der Waals surface area (Å²) in [7, 11) is 0. The van der Waals surface area contributed by atoms with Gasteiger partial charge in [-0.05, 0) is 24.7 Å². The molecule has 0 saturated heterocycles. The van der Waals surface area contributed by atoms with Crippen molar-refractivity contribution in [2.75, 3.05) is 0 Å². The molecule has 3 unspecified atom stereocenters. The summed E-state index contributed by atoms with van der Waals surface area (Å²) in [4.78, 5) is 0. The molecule has 1 rings (SSSR count). The Morgan fingerprint density at radius 1 is 1.55 bits per heavy atom. The summed E-state index contributed by atoms with van der Waals surface area (Å²) >= 11 is 0. The van der Waals surface area contributed by atoms with Gasteiger partial charge in [-0.2, -0.15) is 0 Å². The number of hydrogen-bond donors (Lipinski definition) is 1. The van der Waals surface area contributed by atoms with Crippen molar-refractivity contribution in [1.82, 2.24) is 0 Å². The SMILES string of the molecule is CCCC1CC1(O)C(C)CC. The Balaban J connectivity index is 2.35. The van der Waals surface area contributed by atoms with Crippen LogP contribution in [0.4, 0.5) is 0 Å². The first kappa shape index (κ1) is 9.05. The minimum absolute atomic E-state index is 0.273. The van der Waals surface area contributed by atoms with Crippen molar-refractivity contribution in [3.63, 3.8) is 0 Å². The highest BCUT2D eigenvalue weighted by Crippen LogP contribution is 2.52. The Morgan fingerprint density at radius 3 is 2.64 bits per heavy atom. The summed E-state index contributed by atoms with van der Waals surface area (Å²) < 4.78 is 0. The molecule has 0 aliphatic heterocycles. The van der Waals surface area contributed by atoms with Gasteiger partial charge in [0.25, 0.3) is 0 Å². The molecule has 1 fully saturated rings. The van der Waals surface area contributed by atoms with Gasteiger partial charge in [0.1, 0.15) is 0 Å². The summed E-state index contributed by atoms with van der Waals surface area (Å²) in [6.07, 6.45) is 4.58. The highest BCUT2D eigenvalue weighted by atomic mass is 16.3. The second-order valence-electron chi connectivity index (χ2n) is 3.99. The minimum atomic E-state index is -0.273. The number of rotatable bonds is 4. The third kappa shape index (κ3) is 1.58. The van der Waals surface area contributed by atoms with Crippen LogP contribution in [-0.4, -0.2) is 10.7 Å². The Morgan fingerprint density at radius 2 is 2.18 bits per heavy atom. The maximum atomic E-state index is 9.99. The summed E-state index contributed by atoms with van der Waals surface area (Å²) in [6, 6.07) is 0. The van der Waals surface area contributed by atoms with E-state index in [1.807, 2.05) is 0 Å². The van der Waals surface area contributed by atoms with E-state index in [9.17, 15) is 5.11 Å². The van der Waals surface area contributed by atoms with E-state index < -0.39 is 0 Å². The lowest BCUT2D eigenvalue weighted by atomic mass is 9.96. The van der Waals surface area contributed by atoms with Gasteiger partial charge >= 0.3 is 0 Å². The molecule has 0 heterocycles. The van der Waals surface area contributed by atoms with E-state index in [0.717, 1.165) is 12.8 Å². The fourth-order valence-corrected chi connectivity index (χ4v) is 1.99. The lowest BCUT2D eigenvalue weighted by molar-refractivity contribution is 0.0698. The zero-order valence-corrected chi connectivity index (χ0v) is 7.93. The molecule has 1 heteroatoms. The number of hydrogen-bond acceptors (Lipinski definition) is 1. The van der Waals surface area contributed by atoms with Gasteiger partial charge in [0.05, 0.1) is 5.60 Å². The van der Waals surface area contributed by atoms with Gasteiger partial charge in [-0.1, -0.05) is 33.6 Å². The van der Waals surface area contributed by atoms with Crippen molar-refractivity contribution in [2.24, 2.45) is 11.8 Å². The molecule has 0 amide bonds. The number of aliphatic hydroxyl groups is 1. The van der Waals surface area contributed by atoms with Crippen LogP contribution in [0, 0.1) is 11.8 Å². The molecule has 0 aromatic rings. The Kier molecular flexibility index (Phi) is 2.58. The second kappa shape index (κ2) is 3.14. The van der Waals surface area contributed by atoms with Crippen molar-refractivity contribution < 1.29 is 5.11 Å². The molecule has 1 aliphatic rings. The minimum Gasteiger partial charge on any atom is -0.389 e. The molecule has 11 heavy (non-hydrogen) atoms. The topological polar surface area (TPSA) is 20.2 Å². The molecule has 66 valence electrons. The van der Waals surface area contributed by atoms with E-state index >= 15 is 0 Å². The van der Waals surface area contributed by atoms with Crippen molar-refractivity contribution >= 4 is 0 Å². The van der Waals surface area contributed by atoms with E-state index in [0.29, 0.717) is 11.8 Å². The van der Waals surface area contributed by atoms with Gasteiger partial charge in [-0.25, -0.2) is 0 Å². The van der Waals surface area contributed by atoms with Gasteiger partial charge < -0.3 is 5.11 Å². The van der Waals surface area contributed by atoms with E-state index in [-0.39, 0.29) is 5.60 Å². The van der Waals surface area contributed by atoms with Gasteiger partial charge in [0.2, 0.25) is 0 Å². The quantitative estimate of drug-likeness (QED) is 0.663. The van der Waals surface area contributed by atoms with Crippen LogP contribution >= 0.6 is 0 Å². The summed E-state index contributed by atoms with van der Waals surface area (Å²) in [5.74, 6) is 1.11. The summed E-state index contributed by atoms with van der Waals surface area (Å²) in [5.41, 5.74) is -0.273.